The highest BCUT2D eigenvalue weighted by Gasteiger charge is 2.43. The van der Waals surface area contributed by atoms with Crippen LogP contribution in [0.2, 0.25) is 0 Å². The smallest absolute Gasteiger partial charge is 0.138 e. The first kappa shape index (κ1) is 20.7. The van der Waals surface area contributed by atoms with Crippen molar-refractivity contribution in [2.24, 2.45) is 0 Å². The Balaban J connectivity index is 0.000000817. The molecule has 3 rings (SSSR count). The van der Waals surface area contributed by atoms with Crippen LogP contribution in [0.5, 0.6) is 0 Å². The highest BCUT2D eigenvalue weighted by molar-refractivity contribution is 7.98. The van der Waals surface area contributed by atoms with Crippen molar-refractivity contribution < 1.29 is 0 Å². The largest absolute Gasteiger partial charge is 0.753 e. The number of rotatable bonds is 5. The normalized spacial score (nSPS) is 10.6. The van der Waals surface area contributed by atoms with Gasteiger partial charge in [-0.1, -0.05) is 66.8 Å². The third-order valence-corrected chi connectivity index (χ3v) is 8.00. The molecule has 3 aromatic carbocycles. The van der Waals surface area contributed by atoms with Crippen molar-refractivity contribution >= 4 is 40.6 Å². The van der Waals surface area contributed by atoms with Gasteiger partial charge in [-0.25, -0.2) is 0 Å². The van der Waals surface area contributed by atoms with Crippen LogP contribution in [0, 0.1) is 0 Å². The van der Waals surface area contributed by atoms with Gasteiger partial charge < -0.3 is 10.3 Å². The lowest BCUT2D eigenvalue weighted by Crippen LogP contribution is -2.29. The first-order valence-electron chi connectivity index (χ1n) is 8.57. The van der Waals surface area contributed by atoms with Crippen LogP contribution < -0.4 is 15.9 Å². The molecular formula is C23H23N2PS. The first-order chi connectivity index (χ1) is 13.1. The van der Waals surface area contributed by atoms with Gasteiger partial charge >= 0.3 is 0 Å². The predicted octanol–water partition coefficient (Wildman–Crippen LogP) is 4.67. The number of hydrogen-bond acceptors (Lipinski definition) is 2. The minimum atomic E-state index is -1.83. The van der Waals surface area contributed by atoms with E-state index in [1.807, 2.05) is 0 Å². The number of benzene rings is 3. The topological polar surface area (TPSA) is 25.5 Å². The van der Waals surface area contributed by atoms with Crippen molar-refractivity contribution in [1.29, 1.82) is 0 Å². The Morgan fingerprint density at radius 3 is 1.30 bits per heavy atom. The molecule has 0 fully saturated rings. The summed E-state index contributed by atoms with van der Waals surface area (Å²) in [6.07, 6.45) is 2.20. The van der Waals surface area contributed by atoms with Crippen LogP contribution in [0.15, 0.2) is 103 Å². The maximum atomic E-state index is 7.13. The van der Waals surface area contributed by atoms with Crippen LogP contribution >= 0.6 is 19.5 Å². The van der Waals surface area contributed by atoms with Crippen LogP contribution in [0.25, 0.3) is 5.41 Å². The summed E-state index contributed by atoms with van der Waals surface area (Å²) in [6.45, 7) is 0. The van der Waals surface area contributed by atoms with Gasteiger partial charge in [-0.05, 0) is 36.4 Å². The molecule has 3 aromatic rings. The average molecular weight is 390 g/mol. The van der Waals surface area contributed by atoms with Crippen LogP contribution in [-0.2, 0) is 0 Å². The number of thiocarbonyl (C=S) groups is 1. The van der Waals surface area contributed by atoms with E-state index in [4.69, 9.17) is 5.41 Å². The first-order valence-corrected chi connectivity index (χ1v) is 10.8. The van der Waals surface area contributed by atoms with E-state index in [1.54, 1.807) is 0 Å². The van der Waals surface area contributed by atoms with E-state index in [0.29, 0.717) is 0 Å². The van der Waals surface area contributed by atoms with Crippen molar-refractivity contribution in [3.63, 3.8) is 0 Å². The van der Waals surface area contributed by atoms with Gasteiger partial charge in [0.2, 0.25) is 0 Å². The molecule has 0 heterocycles. The highest BCUT2D eigenvalue weighted by atomic mass is 32.1. The lowest BCUT2D eigenvalue weighted by Gasteiger charge is -2.24. The van der Waals surface area contributed by atoms with E-state index in [-0.39, 0.29) is 0 Å². The molecule has 0 saturated carbocycles. The van der Waals surface area contributed by atoms with E-state index < -0.39 is 7.26 Å². The van der Waals surface area contributed by atoms with Crippen LogP contribution in [0.3, 0.4) is 0 Å². The summed E-state index contributed by atoms with van der Waals surface area (Å²) >= 11 is 3.70. The minimum absolute atomic E-state index is 1.33. The van der Waals surface area contributed by atoms with Crippen molar-refractivity contribution in [2.45, 2.75) is 0 Å². The quantitative estimate of drug-likeness (QED) is 0.359. The molecule has 0 spiro atoms. The summed E-state index contributed by atoms with van der Waals surface area (Å²) in [7, 11) is 2.32. The molecule has 0 atom stereocenters. The monoisotopic (exact) mass is 390 g/mol. The Morgan fingerprint density at radius 2 is 1.04 bits per heavy atom. The molecule has 0 N–H and O–H groups in total. The second kappa shape index (κ2) is 10.5. The summed E-state index contributed by atoms with van der Waals surface area (Å²) in [6, 6.07) is 32.6. The molecule has 0 aliphatic carbocycles. The highest BCUT2D eigenvalue weighted by Crippen LogP contribution is 2.56. The number of isothiocyanates is 1. The number of hydrogen-bond donors (Lipinski definition) is 0. The SMILES string of the molecule is CN(C)/C=C/[P+](c1ccccc1)(c1ccccc1)c1ccccc1.[N-]=C=S. The Labute approximate surface area is 168 Å². The van der Waals surface area contributed by atoms with Gasteiger partial charge in [0.1, 0.15) is 23.2 Å². The fourth-order valence-corrected chi connectivity index (χ4v) is 6.73. The van der Waals surface area contributed by atoms with Crippen LogP contribution in [0.1, 0.15) is 0 Å². The molecule has 2 nitrogen and oxygen atoms in total. The second-order valence-electron chi connectivity index (χ2n) is 6.08. The van der Waals surface area contributed by atoms with Crippen molar-refractivity contribution in [1.82, 2.24) is 4.90 Å². The zero-order chi connectivity index (χ0) is 19.5. The average Bonchev–Trinajstić information content (AvgIpc) is 2.71. The fourth-order valence-electron chi connectivity index (χ4n) is 2.93. The van der Waals surface area contributed by atoms with Crippen LogP contribution in [0.4, 0.5) is 0 Å². The maximum absolute atomic E-state index is 7.13. The Bertz CT molecular complexity index is 775. The second-order valence-corrected chi connectivity index (χ2v) is 9.56. The summed E-state index contributed by atoms with van der Waals surface area (Å²) in [5, 5.41) is 12.6. The van der Waals surface area contributed by atoms with Gasteiger partial charge in [0.15, 0.2) is 0 Å². The minimum Gasteiger partial charge on any atom is -0.753 e. The Morgan fingerprint density at radius 1 is 0.741 bits per heavy atom. The van der Waals surface area contributed by atoms with Gasteiger partial charge in [-0.3, -0.25) is 0 Å². The van der Waals surface area contributed by atoms with Gasteiger partial charge in [0, 0.05) is 20.3 Å². The lowest BCUT2D eigenvalue weighted by molar-refractivity contribution is 0.565. The van der Waals surface area contributed by atoms with Crippen molar-refractivity contribution in [2.75, 3.05) is 14.1 Å². The van der Waals surface area contributed by atoms with E-state index in [1.165, 1.54) is 21.1 Å². The van der Waals surface area contributed by atoms with Gasteiger partial charge in [-0.15, -0.1) is 0 Å². The Hall–Kier alpha value is -2.57. The molecule has 0 saturated heterocycles. The molecule has 136 valence electrons. The van der Waals surface area contributed by atoms with E-state index in [2.05, 4.69) is 134 Å². The molecule has 0 unspecified atom stereocenters. The summed E-state index contributed by atoms with van der Waals surface area (Å²) < 4.78 is 0. The molecule has 0 bridgehead atoms. The summed E-state index contributed by atoms with van der Waals surface area (Å²) in [4.78, 5) is 2.11. The summed E-state index contributed by atoms with van der Waals surface area (Å²) in [5.74, 6) is 2.41. The zero-order valence-corrected chi connectivity index (χ0v) is 17.3. The fraction of sp³-hybridized carbons (Fsp3) is 0.0870. The molecular weight excluding hydrogens is 367 g/mol. The van der Waals surface area contributed by atoms with Gasteiger partial charge in [-0.2, -0.15) is 5.16 Å². The number of nitrogens with zero attached hydrogens (tertiary/aromatic N) is 2. The van der Waals surface area contributed by atoms with Gasteiger partial charge in [0.25, 0.3) is 0 Å². The molecule has 0 aliphatic heterocycles. The van der Waals surface area contributed by atoms with Crippen molar-refractivity contribution in [3.05, 3.63) is 108 Å². The Kier molecular flexibility index (Phi) is 8.10. The molecule has 4 heteroatoms. The predicted molar refractivity (Wildman–Crippen MR) is 124 cm³/mol. The molecule has 0 amide bonds. The molecule has 0 aromatic heterocycles. The summed E-state index contributed by atoms with van der Waals surface area (Å²) in [5.41, 5.74) is 0. The van der Waals surface area contributed by atoms with E-state index >= 15 is 0 Å². The van der Waals surface area contributed by atoms with E-state index in [0.717, 1.165) is 0 Å². The molecule has 0 radical (unpaired) electrons. The lowest BCUT2D eigenvalue weighted by atomic mass is 10.4. The molecule has 27 heavy (non-hydrogen) atoms. The zero-order valence-electron chi connectivity index (χ0n) is 15.6. The standard InChI is InChI=1S/C22H23NP.CNS/c1-23(2)18-19-24(20-12-6-3-7-13-20,21-14-8-4-9-15-21)22-16-10-5-11-17-22;2-1-3/h3-19H,1-2H3;/q+1;-1/b19-18+;. The van der Waals surface area contributed by atoms with Crippen molar-refractivity contribution in [3.8, 4) is 0 Å². The third kappa shape index (κ3) is 5.21. The van der Waals surface area contributed by atoms with Crippen LogP contribution in [-0.4, -0.2) is 24.2 Å². The van der Waals surface area contributed by atoms with E-state index in [9.17, 15) is 0 Å². The third-order valence-electron chi connectivity index (χ3n) is 4.08. The van der Waals surface area contributed by atoms with Gasteiger partial charge in [0.05, 0.1) is 5.82 Å². The maximum Gasteiger partial charge on any atom is 0.138 e. The molecule has 0 aliphatic rings.